The van der Waals surface area contributed by atoms with E-state index < -0.39 is 0 Å². The summed E-state index contributed by atoms with van der Waals surface area (Å²) in [6.45, 7) is 0. The summed E-state index contributed by atoms with van der Waals surface area (Å²) in [5.41, 5.74) is 1.18. The summed E-state index contributed by atoms with van der Waals surface area (Å²) >= 11 is 3.54. The Labute approximate surface area is 93.3 Å². The summed E-state index contributed by atoms with van der Waals surface area (Å²) in [5.74, 6) is 0. The molecule has 0 saturated heterocycles. The first-order valence-corrected chi connectivity index (χ1v) is 5.83. The maximum absolute atomic E-state index is 3.54. The van der Waals surface area contributed by atoms with Gasteiger partial charge in [0.15, 0.2) is 0 Å². The van der Waals surface area contributed by atoms with Gasteiger partial charge < -0.3 is 5.32 Å². The van der Waals surface area contributed by atoms with E-state index in [2.05, 4.69) is 51.6 Å². The van der Waals surface area contributed by atoms with E-state index in [9.17, 15) is 0 Å². The fourth-order valence-corrected chi connectivity index (χ4v) is 2.11. The SMILES string of the molecule is Brc1ccccc1N[C@H]1C=CCCC1. The predicted octanol–water partition coefficient (Wildman–Crippen LogP) is 3.97. The van der Waals surface area contributed by atoms with Crippen molar-refractivity contribution >= 4 is 21.6 Å². The summed E-state index contributed by atoms with van der Waals surface area (Å²) in [6, 6.07) is 8.76. The van der Waals surface area contributed by atoms with Crippen molar-refractivity contribution in [2.45, 2.75) is 25.3 Å². The van der Waals surface area contributed by atoms with E-state index >= 15 is 0 Å². The third-order valence-corrected chi connectivity index (χ3v) is 3.16. The quantitative estimate of drug-likeness (QED) is 0.785. The van der Waals surface area contributed by atoms with Crippen LogP contribution >= 0.6 is 15.9 Å². The van der Waals surface area contributed by atoms with Gasteiger partial charge in [-0.3, -0.25) is 0 Å². The molecule has 14 heavy (non-hydrogen) atoms. The third-order valence-electron chi connectivity index (χ3n) is 2.47. The van der Waals surface area contributed by atoms with Crippen molar-refractivity contribution in [2.24, 2.45) is 0 Å². The van der Waals surface area contributed by atoms with Crippen LogP contribution in [-0.4, -0.2) is 6.04 Å². The summed E-state index contributed by atoms with van der Waals surface area (Å²) in [4.78, 5) is 0. The van der Waals surface area contributed by atoms with E-state index in [4.69, 9.17) is 0 Å². The molecule has 2 rings (SSSR count). The van der Waals surface area contributed by atoms with Gasteiger partial charge in [-0.25, -0.2) is 0 Å². The zero-order valence-electron chi connectivity index (χ0n) is 8.04. The highest BCUT2D eigenvalue weighted by molar-refractivity contribution is 9.10. The van der Waals surface area contributed by atoms with Crippen LogP contribution in [0.4, 0.5) is 5.69 Å². The molecule has 0 radical (unpaired) electrons. The number of hydrogen-bond donors (Lipinski definition) is 1. The average Bonchev–Trinajstić information content (AvgIpc) is 2.23. The molecule has 0 saturated carbocycles. The molecule has 2 heteroatoms. The Morgan fingerprint density at radius 3 is 2.86 bits per heavy atom. The van der Waals surface area contributed by atoms with Crippen molar-refractivity contribution < 1.29 is 0 Å². The van der Waals surface area contributed by atoms with Crippen LogP contribution in [0.5, 0.6) is 0 Å². The van der Waals surface area contributed by atoms with Gasteiger partial charge in [0.05, 0.1) is 0 Å². The van der Waals surface area contributed by atoms with Crippen LogP contribution in [0.1, 0.15) is 19.3 Å². The van der Waals surface area contributed by atoms with E-state index in [0.29, 0.717) is 6.04 Å². The summed E-state index contributed by atoms with van der Waals surface area (Å²) < 4.78 is 1.14. The van der Waals surface area contributed by atoms with Crippen LogP contribution in [0.15, 0.2) is 40.9 Å². The molecule has 1 nitrogen and oxygen atoms in total. The van der Waals surface area contributed by atoms with Crippen molar-refractivity contribution in [3.63, 3.8) is 0 Å². The van der Waals surface area contributed by atoms with Gasteiger partial charge >= 0.3 is 0 Å². The maximum Gasteiger partial charge on any atom is 0.0489 e. The number of para-hydroxylation sites is 1. The Morgan fingerprint density at radius 2 is 2.14 bits per heavy atom. The van der Waals surface area contributed by atoms with Gasteiger partial charge in [0.1, 0.15) is 0 Å². The number of rotatable bonds is 2. The number of halogens is 1. The lowest BCUT2D eigenvalue weighted by molar-refractivity contribution is 0.673. The first-order chi connectivity index (χ1) is 6.86. The highest BCUT2D eigenvalue weighted by Crippen LogP contribution is 2.24. The molecule has 1 aromatic rings. The largest absolute Gasteiger partial charge is 0.378 e. The highest BCUT2D eigenvalue weighted by atomic mass is 79.9. The molecule has 1 N–H and O–H groups in total. The predicted molar refractivity (Wildman–Crippen MR) is 64.5 cm³/mol. The van der Waals surface area contributed by atoms with Gasteiger partial charge in [0.2, 0.25) is 0 Å². The smallest absolute Gasteiger partial charge is 0.0489 e. The zero-order valence-corrected chi connectivity index (χ0v) is 9.63. The van der Waals surface area contributed by atoms with Crippen LogP contribution in [0.25, 0.3) is 0 Å². The van der Waals surface area contributed by atoms with Crippen molar-refractivity contribution in [1.82, 2.24) is 0 Å². The normalized spacial score (nSPS) is 20.8. The van der Waals surface area contributed by atoms with Crippen molar-refractivity contribution in [2.75, 3.05) is 5.32 Å². The molecule has 74 valence electrons. The first-order valence-electron chi connectivity index (χ1n) is 5.04. The van der Waals surface area contributed by atoms with Crippen molar-refractivity contribution in [3.05, 3.63) is 40.9 Å². The van der Waals surface area contributed by atoms with E-state index in [1.54, 1.807) is 0 Å². The standard InChI is InChI=1S/C12H14BrN/c13-11-8-4-5-9-12(11)14-10-6-2-1-3-7-10/h2,4-6,8-10,14H,1,3,7H2/t10-/m0/s1. The minimum atomic E-state index is 0.502. The molecule has 0 bridgehead atoms. The fourth-order valence-electron chi connectivity index (χ4n) is 1.71. The lowest BCUT2D eigenvalue weighted by Gasteiger charge is -2.19. The number of allylic oxidation sites excluding steroid dienone is 1. The number of anilines is 1. The van der Waals surface area contributed by atoms with Gasteiger partial charge in [-0.15, -0.1) is 0 Å². The summed E-state index contributed by atoms with van der Waals surface area (Å²) in [6.07, 6.45) is 8.28. The molecule has 0 heterocycles. The second-order valence-electron chi connectivity index (χ2n) is 3.59. The Morgan fingerprint density at radius 1 is 1.29 bits per heavy atom. The molecule has 0 aromatic heterocycles. The fraction of sp³-hybridized carbons (Fsp3) is 0.333. The molecule has 0 fully saturated rings. The number of nitrogens with one attached hydrogen (secondary N) is 1. The second kappa shape index (κ2) is 4.65. The van der Waals surface area contributed by atoms with E-state index in [1.807, 2.05) is 6.07 Å². The topological polar surface area (TPSA) is 12.0 Å². The Kier molecular flexibility index (Phi) is 3.25. The van der Waals surface area contributed by atoms with Gasteiger partial charge in [0, 0.05) is 16.2 Å². The van der Waals surface area contributed by atoms with Crippen LogP contribution in [-0.2, 0) is 0 Å². The van der Waals surface area contributed by atoms with Crippen LogP contribution in [0, 0.1) is 0 Å². The summed E-state index contributed by atoms with van der Waals surface area (Å²) in [7, 11) is 0. The number of hydrogen-bond acceptors (Lipinski definition) is 1. The van der Waals surface area contributed by atoms with Gasteiger partial charge in [-0.1, -0.05) is 24.3 Å². The van der Waals surface area contributed by atoms with Gasteiger partial charge in [0.25, 0.3) is 0 Å². The lowest BCUT2D eigenvalue weighted by Crippen LogP contribution is -2.18. The van der Waals surface area contributed by atoms with Crippen molar-refractivity contribution in [3.8, 4) is 0 Å². The monoisotopic (exact) mass is 251 g/mol. The van der Waals surface area contributed by atoms with E-state index in [1.165, 1.54) is 24.9 Å². The third kappa shape index (κ3) is 2.38. The molecule has 1 aliphatic carbocycles. The van der Waals surface area contributed by atoms with Gasteiger partial charge in [-0.05, 0) is 47.3 Å². The molecule has 1 aliphatic rings. The zero-order chi connectivity index (χ0) is 9.80. The minimum absolute atomic E-state index is 0.502. The molecule has 0 aliphatic heterocycles. The molecular weight excluding hydrogens is 238 g/mol. The molecule has 1 aromatic carbocycles. The summed E-state index contributed by atoms with van der Waals surface area (Å²) in [5, 5.41) is 3.52. The lowest BCUT2D eigenvalue weighted by atomic mass is 10.0. The van der Waals surface area contributed by atoms with Crippen LogP contribution in [0.2, 0.25) is 0 Å². The Bertz CT molecular complexity index is 333. The van der Waals surface area contributed by atoms with E-state index in [-0.39, 0.29) is 0 Å². The Balaban J connectivity index is 2.06. The Hall–Kier alpha value is -0.760. The molecule has 0 amide bonds. The molecule has 0 spiro atoms. The minimum Gasteiger partial charge on any atom is -0.378 e. The van der Waals surface area contributed by atoms with Crippen LogP contribution < -0.4 is 5.32 Å². The van der Waals surface area contributed by atoms with E-state index in [0.717, 1.165) is 4.47 Å². The molecule has 0 unspecified atom stereocenters. The number of benzene rings is 1. The molecular formula is C12H14BrN. The molecule has 1 atom stereocenters. The van der Waals surface area contributed by atoms with Crippen LogP contribution in [0.3, 0.4) is 0 Å². The van der Waals surface area contributed by atoms with Gasteiger partial charge in [-0.2, -0.15) is 0 Å². The second-order valence-corrected chi connectivity index (χ2v) is 4.44. The first kappa shape index (κ1) is 9.78. The maximum atomic E-state index is 3.54. The average molecular weight is 252 g/mol. The van der Waals surface area contributed by atoms with Crippen molar-refractivity contribution in [1.29, 1.82) is 0 Å². The highest BCUT2D eigenvalue weighted by Gasteiger charge is 2.08.